The molecular formula is C37H32N2O3. The lowest BCUT2D eigenvalue weighted by Crippen LogP contribution is -2.58. The first kappa shape index (κ1) is 26.1. The smallest absolute Gasteiger partial charge is 0.244 e. The molecule has 1 amide bonds. The minimum Gasteiger partial charge on any atom is -0.454 e. The highest BCUT2D eigenvalue weighted by Gasteiger charge is 2.43. The molecule has 0 aliphatic carbocycles. The van der Waals surface area contributed by atoms with Crippen molar-refractivity contribution in [2.45, 2.75) is 24.4 Å². The quantitative estimate of drug-likeness (QED) is 0.223. The fourth-order valence-corrected chi connectivity index (χ4v) is 6.31. The lowest BCUT2D eigenvalue weighted by molar-refractivity contribution is -0.121. The molecule has 2 heterocycles. The third kappa shape index (κ3) is 4.72. The maximum absolute atomic E-state index is 14.6. The lowest BCUT2D eigenvalue weighted by Gasteiger charge is -2.43. The highest BCUT2D eigenvalue weighted by atomic mass is 16.7. The van der Waals surface area contributed by atoms with Crippen molar-refractivity contribution in [2.75, 3.05) is 18.2 Å². The zero-order valence-corrected chi connectivity index (χ0v) is 23.3. The third-order valence-corrected chi connectivity index (χ3v) is 8.33. The fraction of sp³-hybridized carbons (Fsp3) is 0.162. The number of fused-ring (bicyclic) bond motifs is 2. The first-order valence-electron chi connectivity index (χ1n) is 14.4. The van der Waals surface area contributed by atoms with Crippen LogP contribution < -0.4 is 19.7 Å². The number of nitrogens with zero attached hydrogens (tertiary/aromatic N) is 1. The number of anilines is 1. The van der Waals surface area contributed by atoms with Crippen LogP contribution in [0.15, 0.2) is 133 Å². The van der Waals surface area contributed by atoms with Crippen LogP contribution in [0.4, 0.5) is 5.69 Å². The van der Waals surface area contributed by atoms with E-state index in [1.807, 2.05) is 53.4 Å². The van der Waals surface area contributed by atoms with Crippen LogP contribution in [-0.2, 0) is 23.2 Å². The van der Waals surface area contributed by atoms with Crippen LogP contribution in [0.2, 0.25) is 0 Å². The average molecular weight is 553 g/mol. The highest BCUT2D eigenvalue weighted by molar-refractivity contribution is 6.01. The van der Waals surface area contributed by atoms with E-state index >= 15 is 0 Å². The molecule has 0 fully saturated rings. The van der Waals surface area contributed by atoms with Crippen molar-refractivity contribution in [3.63, 3.8) is 0 Å². The SMILES string of the molecule is O=C1[C@@H](NC(c2ccccc2)(c2ccccc2)c2ccccc2)Cc2cc3c(cc2N1CCc1ccccc1)OCO3. The molecule has 0 aromatic heterocycles. The summed E-state index contributed by atoms with van der Waals surface area (Å²) in [6, 6.07) is 45.1. The Labute approximate surface area is 246 Å². The second-order valence-corrected chi connectivity index (χ2v) is 10.8. The number of hydrogen-bond donors (Lipinski definition) is 1. The van der Waals surface area contributed by atoms with E-state index in [2.05, 4.69) is 90.2 Å². The molecule has 5 nitrogen and oxygen atoms in total. The van der Waals surface area contributed by atoms with Crippen LogP contribution in [0, 0.1) is 0 Å². The molecule has 2 aliphatic heterocycles. The minimum absolute atomic E-state index is 0.0458. The van der Waals surface area contributed by atoms with Crippen LogP contribution >= 0.6 is 0 Å². The predicted octanol–water partition coefficient (Wildman–Crippen LogP) is 6.50. The number of rotatable bonds is 8. The van der Waals surface area contributed by atoms with Crippen molar-refractivity contribution < 1.29 is 14.3 Å². The third-order valence-electron chi connectivity index (χ3n) is 8.33. The van der Waals surface area contributed by atoms with Crippen molar-refractivity contribution >= 4 is 11.6 Å². The summed E-state index contributed by atoms with van der Waals surface area (Å²) in [7, 11) is 0. The largest absolute Gasteiger partial charge is 0.454 e. The van der Waals surface area contributed by atoms with E-state index in [9.17, 15) is 4.79 Å². The van der Waals surface area contributed by atoms with Crippen molar-refractivity contribution in [1.82, 2.24) is 5.32 Å². The van der Waals surface area contributed by atoms with Gasteiger partial charge in [0, 0.05) is 12.6 Å². The van der Waals surface area contributed by atoms with Gasteiger partial charge in [-0.25, -0.2) is 0 Å². The number of benzene rings is 5. The van der Waals surface area contributed by atoms with Gasteiger partial charge in [0.15, 0.2) is 11.5 Å². The minimum atomic E-state index is -0.761. The number of carbonyl (C=O) groups is 1. The molecule has 1 N–H and O–H groups in total. The Kier molecular flexibility index (Phi) is 6.94. The molecule has 42 heavy (non-hydrogen) atoms. The molecule has 5 aromatic rings. The molecular weight excluding hydrogens is 520 g/mol. The molecule has 0 saturated heterocycles. The molecule has 5 aromatic carbocycles. The molecule has 208 valence electrons. The average Bonchev–Trinajstić information content (AvgIpc) is 3.52. The lowest BCUT2D eigenvalue weighted by atomic mass is 9.76. The van der Waals surface area contributed by atoms with Crippen LogP contribution in [0.3, 0.4) is 0 Å². The van der Waals surface area contributed by atoms with Gasteiger partial charge in [0.05, 0.1) is 17.3 Å². The molecule has 2 aliphatic rings. The monoisotopic (exact) mass is 552 g/mol. The van der Waals surface area contributed by atoms with Crippen LogP contribution in [-0.4, -0.2) is 25.3 Å². The standard InChI is InChI=1S/C37H32N2O3/c40-36-32(23-28-24-34-35(42-26-41-34)25-33(28)39(36)22-21-27-13-5-1-6-14-27)38-37(29-15-7-2-8-16-29,30-17-9-3-10-18-30)31-19-11-4-12-20-31/h1-20,24-25,32,38H,21-23,26H2/t32-/m0/s1. The Morgan fingerprint density at radius 3 is 1.74 bits per heavy atom. The number of nitrogens with one attached hydrogen (secondary N) is 1. The van der Waals surface area contributed by atoms with Gasteiger partial charge in [-0.1, -0.05) is 121 Å². The number of hydrogen-bond acceptors (Lipinski definition) is 4. The van der Waals surface area contributed by atoms with Crippen molar-refractivity contribution in [3.05, 3.63) is 161 Å². The second kappa shape index (κ2) is 11.2. The normalized spacial score (nSPS) is 15.9. The predicted molar refractivity (Wildman–Crippen MR) is 165 cm³/mol. The summed E-state index contributed by atoms with van der Waals surface area (Å²) in [4.78, 5) is 16.5. The van der Waals surface area contributed by atoms with Gasteiger partial charge in [-0.05, 0) is 46.7 Å². The molecule has 0 saturated carbocycles. The number of carbonyl (C=O) groups excluding carboxylic acids is 1. The van der Waals surface area contributed by atoms with Gasteiger partial charge in [-0.2, -0.15) is 0 Å². The second-order valence-electron chi connectivity index (χ2n) is 10.8. The first-order valence-corrected chi connectivity index (χ1v) is 14.4. The molecule has 0 radical (unpaired) electrons. The van der Waals surface area contributed by atoms with Gasteiger partial charge < -0.3 is 14.4 Å². The van der Waals surface area contributed by atoms with Crippen LogP contribution in [0.25, 0.3) is 0 Å². The Bertz CT molecular complexity index is 1580. The topological polar surface area (TPSA) is 50.8 Å². The van der Waals surface area contributed by atoms with Crippen molar-refractivity contribution in [2.24, 2.45) is 0 Å². The molecule has 7 rings (SSSR count). The molecule has 0 unspecified atom stereocenters. The van der Waals surface area contributed by atoms with Gasteiger partial charge in [0.2, 0.25) is 12.7 Å². The maximum Gasteiger partial charge on any atom is 0.244 e. The maximum atomic E-state index is 14.6. The number of ether oxygens (including phenoxy) is 2. The molecule has 5 heteroatoms. The summed E-state index contributed by atoms with van der Waals surface area (Å²) < 4.78 is 11.5. The van der Waals surface area contributed by atoms with E-state index in [4.69, 9.17) is 9.47 Å². The van der Waals surface area contributed by atoms with E-state index < -0.39 is 11.6 Å². The summed E-state index contributed by atoms with van der Waals surface area (Å²) in [6.07, 6.45) is 1.27. The number of amides is 1. The summed E-state index contributed by atoms with van der Waals surface area (Å²) in [6.45, 7) is 0.750. The van der Waals surface area contributed by atoms with E-state index in [1.165, 1.54) is 5.56 Å². The van der Waals surface area contributed by atoms with Gasteiger partial charge in [-0.3, -0.25) is 10.1 Å². The van der Waals surface area contributed by atoms with Crippen LogP contribution in [0.1, 0.15) is 27.8 Å². The van der Waals surface area contributed by atoms with Gasteiger partial charge in [0.1, 0.15) is 0 Å². The molecule has 0 spiro atoms. The Balaban J connectivity index is 1.34. The Hall–Kier alpha value is -4.87. The Morgan fingerprint density at radius 2 is 1.19 bits per heavy atom. The van der Waals surface area contributed by atoms with Crippen molar-refractivity contribution in [1.29, 1.82) is 0 Å². The molecule has 0 bridgehead atoms. The highest BCUT2D eigenvalue weighted by Crippen LogP contribution is 2.43. The summed E-state index contributed by atoms with van der Waals surface area (Å²) in [5.74, 6) is 1.46. The van der Waals surface area contributed by atoms with Gasteiger partial charge in [0.25, 0.3) is 0 Å². The van der Waals surface area contributed by atoms with E-state index in [0.717, 1.165) is 40.1 Å². The van der Waals surface area contributed by atoms with Crippen molar-refractivity contribution in [3.8, 4) is 11.5 Å². The summed E-state index contributed by atoms with van der Waals surface area (Å²) in [5.41, 5.74) is 5.60. The summed E-state index contributed by atoms with van der Waals surface area (Å²) in [5, 5.41) is 3.94. The zero-order chi connectivity index (χ0) is 28.4. The molecule has 1 atom stereocenters. The van der Waals surface area contributed by atoms with E-state index in [1.54, 1.807) is 0 Å². The fourth-order valence-electron chi connectivity index (χ4n) is 6.31. The zero-order valence-electron chi connectivity index (χ0n) is 23.3. The van der Waals surface area contributed by atoms with Gasteiger partial charge in [-0.15, -0.1) is 0 Å². The summed E-state index contributed by atoms with van der Waals surface area (Å²) >= 11 is 0. The Morgan fingerprint density at radius 1 is 0.690 bits per heavy atom. The first-order chi connectivity index (χ1) is 20.7. The van der Waals surface area contributed by atoms with E-state index in [0.29, 0.717) is 18.7 Å². The van der Waals surface area contributed by atoms with Gasteiger partial charge >= 0.3 is 0 Å². The van der Waals surface area contributed by atoms with E-state index in [-0.39, 0.29) is 12.7 Å². The van der Waals surface area contributed by atoms with Crippen LogP contribution in [0.5, 0.6) is 11.5 Å².